The Bertz CT molecular complexity index is 207. The first-order chi connectivity index (χ1) is 4.70. The zero-order valence-electron chi connectivity index (χ0n) is 5.19. The van der Waals surface area contributed by atoms with Crippen LogP contribution in [0.5, 0.6) is 0 Å². The number of carboxylic acid groups (broad SMARTS) is 1. The highest BCUT2D eigenvalue weighted by Crippen LogP contribution is 2.03. The van der Waals surface area contributed by atoms with Crippen LogP contribution in [0.3, 0.4) is 0 Å². The van der Waals surface area contributed by atoms with Gasteiger partial charge in [-0.1, -0.05) is 0 Å². The molecule has 0 unspecified atom stereocenters. The molecule has 10 heavy (non-hydrogen) atoms. The Balaban J connectivity index is 2.60. The second-order valence-corrected chi connectivity index (χ2v) is 1.88. The number of aliphatic hydroxyl groups is 1. The molecule has 0 spiro atoms. The lowest BCUT2D eigenvalue weighted by atomic mass is 10.3. The lowest BCUT2D eigenvalue weighted by molar-refractivity contribution is 0.165. The van der Waals surface area contributed by atoms with Crippen molar-refractivity contribution < 1.29 is 15.0 Å². The maximum atomic E-state index is 10.2. The number of allylic oxidation sites excluding steroid dienone is 1. The summed E-state index contributed by atoms with van der Waals surface area (Å²) in [5, 5.41) is 17.2. The van der Waals surface area contributed by atoms with E-state index in [9.17, 15) is 4.79 Å². The molecule has 0 fully saturated rings. The lowest BCUT2D eigenvalue weighted by Crippen LogP contribution is -2.25. The second kappa shape index (κ2) is 2.43. The second-order valence-electron chi connectivity index (χ2n) is 1.88. The summed E-state index contributed by atoms with van der Waals surface area (Å²) in [6, 6.07) is 0. The van der Waals surface area contributed by atoms with Crippen LogP contribution in [0.25, 0.3) is 0 Å². The van der Waals surface area contributed by atoms with Gasteiger partial charge in [0.25, 0.3) is 0 Å². The average Bonchev–Trinajstić information content (AvgIpc) is 1.88. The first-order valence-electron chi connectivity index (χ1n) is 2.77. The summed E-state index contributed by atoms with van der Waals surface area (Å²) in [5.41, 5.74) is 0. The van der Waals surface area contributed by atoms with Crippen molar-refractivity contribution in [3.8, 4) is 0 Å². The molecule has 0 bridgehead atoms. The number of hydrogen-bond donors (Lipinski definition) is 2. The van der Waals surface area contributed by atoms with Gasteiger partial charge in [-0.2, -0.15) is 0 Å². The number of aliphatic hydroxyl groups excluding tert-OH is 1. The van der Waals surface area contributed by atoms with Gasteiger partial charge >= 0.3 is 6.09 Å². The highest BCUT2D eigenvalue weighted by atomic mass is 16.4. The van der Waals surface area contributed by atoms with E-state index < -0.39 is 6.09 Å². The predicted octanol–water partition coefficient (Wildman–Crippen LogP) is 0.936. The molecule has 0 atom stereocenters. The molecule has 1 rings (SSSR count). The maximum absolute atomic E-state index is 10.2. The average molecular weight is 141 g/mol. The van der Waals surface area contributed by atoms with Gasteiger partial charge < -0.3 is 10.2 Å². The summed E-state index contributed by atoms with van der Waals surface area (Å²) in [4.78, 5) is 11.3. The molecular weight excluding hydrogens is 134 g/mol. The van der Waals surface area contributed by atoms with Crippen LogP contribution in [0.4, 0.5) is 4.79 Å². The molecule has 54 valence electrons. The Hall–Kier alpha value is -1.45. The van der Waals surface area contributed by atoms with Gasteiger partial charge in [0.1, 0.15) is 5.76 Å². The number of carbonyl (C=O) groups is 1. The maximum Gasteiger partial charge on any atom is 0.411 e. The first-order valence-corrected chi connectivity index (χ1v) is 2.77. The fraction of sp³-hybridized carbons (Fsp3) is 0.167. The van der Waals surface area contributed by atoms with Crippen molar-refractivity contribution in [2.24, 2.45) is 0 Å². The lowest BCUT2D eigenvalue weighted by Gasteiger charge is -2.14. The van der Waals surface area contributed by atoms with Gasteiger partial charge in [-0.3, -0.25) is 4.90 Å². The summed E-state index contributed by atoms with van der Waals surface area (Å²) in [6.45, 7) is 0.220. The molecule has 0 radical (unpaired) electrons. The van der Waals surface area contributed by atoms with E-state index >= 15 is 0 Å². The van der Waals surface area contributed by atoms with Crippen LogP contribution in [0.1, 0.15) is 0 Å². The zero-order chi connectivity index (χ0) is 7.56. The number of hydrogen-bond acceptors (Lipinski definition) is 2. The van der Waals surface area contributed by atoms with E-state index in [0.29, 0.717) is 0 Å². The smallest absolute Gasteiger partial charge is 0.411 e. The van der Waals surface area contributed by atoms with E-state index in [1.54, 1.807) is 0 Å². The van der Waals surface area contributed by atoms with Crippen LogP contribution in [-0.4, -0.2) is 27.8 Å². The van der Waals surface area contributed by atoms with Crippen LogP contribution >= 0.6 is 0 Å². The summed E-state index contributed by atoms with van der Waals surface area (Å²) in [7, 11) is 0. The van der Waals surface area contributed by atoms with E-state index in [1.165, 1.54) is 18.4 Å². The molecule has 0 aromatic heterocycles. The van der Waals surface area contributed by atoms with E-state index in [-0.39, 0.29) is 12.3 Å². The Morgan fingerprint density at radius 2 is 2.40 bits per heavy atom. The molecule has 1 heterocycles. The highest BCUT2D eigenvalue weighted by molar-refractivity contribution is 5.67. The van der Waals surface area contributed by atoms with Crippen LogP contribution in [0, 0.1) is 0 Å². The predicted molar refractivity (Wildman–Crippen MR) is 34.6 cm³/mol. The van der Waals surface area contributed by atoms with Crippen molar-refractivity contribution in [3.05, 3.63) is 24.1 Å². The number of amides is 1. The third kappa shape index (κ3) is 1.28. The molecule has 1 aliphatic rings. The fourth-order valence-corrected chi connectivity index (χ4v) is 0.629. The van der Waals surface area contributed by atoms with E-state index in [2.05, 4.69) is 0 Å². The minimum absolute atomic E-state index is 0.109. The van der Waals surface area contributed by atoms with Crippen LogP contribution in [-0.2, 0) is 0 Å². The molecule has 1 aliphatic heterocycles. The quantitative estimate of drug-likeness (QED) is 0.527. The topological polar surface area (TPSA) is 60.8 Å². The molecule has 2 N–H and O–H groups in total. The van der Waals surface area contributed by atoms with Crippen LogP contribution in [0.2, 0.25) is 0 Å². The summed E-state index contributed by atoms with van der Waals surface area (Å²) in [5.74, 6) is 0.109. The largest absolute Gasteiger partial charge is 0.508 e. The summed E-state index contributed by atoms with van der Waals surface area (Å²) in [6.07, 6.45) is 3.06. The van der Waals surface area contributed by atoms with Gasteiger partial charge in [-0.15, -0.1) is 0 Å². The van der Waals surface area contributed by atoms with E-state index in [1.807, 2.05) is 0 Å². The van der Waals surface area contributed by atoms with Gasteiger partial charge in [0.15, 0.2) is 0 Å². The minimum atomic E-state index is -1.01. The molecule has 0 aliphatic carbocycles. The molecule has 4 heteroatoms. The van der Waals surface area contributed by atoms with Crippen molar-refractivity contribution in [2.45, 2.75) is 0 Å². The SMILES string of the molecule is O=C(O)N1C=CC(O)=CC1. The van der Waals surface area contributed by atoms with Gasteiger partial charge in [0, 0.05) is 6.20 Å². The molecule has 0 aromatic rings. The summed E-state index contributed by atoms with van der Waals surface area (Å²) >= 11 is 0. The standard InChI is InChI=1S/C6H7NO3/c8-5-1-3-7(4-2-5)6(9)10/h1-3,8H,4H2,(H,9,10). The monoisotopic (exact) mass is 141 g/mol. The van der Waals surface area contributed by atoms with E-state index in [0.717, 1.165) is 4.90 Å². The third-order valence-electron chi connectivity index (χ3n) is 1.17. The summed E-state index contributed by atoms with van der Waals surface area (Å²) < 4.78 is 0. The van der Waals surface area contributed by atoms with Crippen molar-refractivity contribution in [3.63, 3.8) is 0 Å². The normalized spacial score (nSPS) is 16.8. The van der Waals surface area contributed by atoms with Crippen molar-refractivity contribution in [1.82, 2.24) is 4.90 Å². The van der Waals surface area contributed by atoms with Crippen LogP contribution in [0.15, 0.2) is 24.1 Å². The Kier molecular flexibility index (Phi) is 1.62. The molecule has 0 saturated heterocycles. The van der Waals surface area contributed by atoms with Crippen molar-refractivity contribution >= 4 is 6.09 Å². The third-order valence-corrected chi connectivity index (χ3v) is 1.17. The van der Waals surface area contributed by atoms with Crippen molar-refractivity contribution in [1.29, 1.82) is 0 Å². The molecule has 0 saturated carbocycles. The van der Waals surface area contributed by atoms with Gasteiger partial charge in [-0.05, 0) is 12.2 Å². The Morgan fingerprint density at radius 3 is 2.80 bits per heavy atom. The van der Waals surface area contributed by atoms with Gasteiger partial charge in [0.05, 0.1) is 6.54 Å². The van der Waals surface area contributed by atoms with Gasteiger partial charge in [0.2, 0.25) is 0 Å². The van der Waals surface area contributed by atoms with E-state index in [4.69, 9.17) is 10.2 Å². The minimum Gasteiger partial charge on any atom is -0.508 e. The fourth-order valence-electron chi connectivity index (χ4n) is 0.629. The number of nitrogens with zero attached hydrogens (tertiary/aromatic N) is 1. The Morgan fingerprint density at radius 1 is 1.70 bits per heavy atom. The highest BCUT2D eigenvalue weighted by Gasteiger charge is 2.08. The van der Waals surface area contributed by atoms with Crippen molar-refractivity contribution in [2.75, 3.05) is 6.54 Å². The molecule has 4 nitrogen and oxygen atoms in total. The Labute approximate surface area is 57.7 Å². The zero-order valence-corrected chi connectivity index (χ0v) is 5.19. The first kappa shape index (κ1) is 6.67. The number of rotatable bonds is 0. The molecular formula is C6H7NO3. The van der Waals surface area contributed by atoms with Gasteiger partial charge in [-0.25, -0.2) is 4.79 Å². The molecule has 0 aromatic carbocycles. The molecule has 1 amide bonds. The van der Waals surface area contributed by atoms with Crippen LogP contribution < -0.4 is 0 Å².